The van der Waals surface area contributed by atoms with E-state index in [4.69, 9.17) is 15.5 Å². The van der Waals surface area contributed by atoms with Crippen LogP contribution in [0, 0.1) is 11.7 Å². The van der Waals surface area contributed by atoms with Gasteiger partial charge in [0.25, 0.3) is 5.91 Å². The van der Waals surface area contributed by atoms with E-state index in [-0.39, 0.29) is 16.3 Å². The molecule has 1 aromatic heterocycles. The van der Waals surface area contributed by atoms with E-state index in [1.807, 2.05) is 6.92 Å². The second-order valence-corrected chi connectivity index (χ2v) is 10.8. The monoisotopic (exact) mass is 476 g/mol. The predicted octanol–water partition coefficient (Wildman–Crippen LogP) is 3.94. The second-order valence-electron chi connectivity index (χ2n) is 9.36. The van der Waals surface area contributed by atoms with Crippen molar-refractivity contribution >= 4 is 23.5 Å². The van der Waals surface area contributed by atoms with E-state index in [1.54, 1.807) is 17.8 Å². The van der Waals surface area contributed by atoms with Crippen LogP contribution < -0.4 is 11.1 Å². The smallest absolute Gasteiger partial charge is 0.270 e. The van der Waals surface area contributed by atoms with Crippen molar-refractivity contribution in [2.45, 2.75) is 55.9 Å². The van der Waals surface area contributed by atoms with Gasteiger partial charge in [-0.3, -0.25) is 9.79 Å². The number of halogens is 2. The van der Waals surface area contributed by atoms with Crippen molar-refractivity contribution in [1.82, 2.24) is 10.3 Å². The van der Waals surface area contributed by atoms with Gasteiger partial charge in [-0.05, 0) is 63.7 Å². The van der Waals surface area contributed by atoms with E-state index in [2.05, 4.69) is 17.2 Å². The number of carbonyl (C=O) groups excluding carboxylic acids is 1. The Hall–Kier alpha value is -2.26. The van der Waals surface area contributed by atoms with Crippen LogP contribution in [0.2, 0.25) is 0 Å². The first-order chi connectivity index (χ1) is 15.7. The van der Waals surface area contributed by atoms with Crippen molar-refractivity contribution in [3.05, 3.63) is 53.4 Å². The summed E-state index contributed by atoms with van der Waals surface area (Å²) < 4.78 is 33.2. The molecule has 3 N–H and O–H groups in total. The first-order valence-electron chi connectivity index (χ1n) is 11.3. The van der Waals surface area contributed by atoms with Crippen molar-refractivity contribution in [3.8, 4) is 0 Å². The van der Waals surface area contributed by atoms with Gasteiger partial charge in [0.15, 0.2) is 0 Å². The third kappa shape index (κ3) is 5.30. The summed E-state index contributed by atoms with van der Waals surface area (Å²) in [6.45, 7) is 5.56. The molecule has 1 fully saturated rings. The molecule has 3 aliphatic rings. The average molecular weight is 477 g/mol. The minimum absolute atomic E-state index is 0.104. The molecular formula is C24H30F2N4O2S. The van der Waals surface area contributed by atoms with Crippen molar-refractivity contribution in [2.24, 2.45) is 16.6 Å². The average Bonchev–Trinajstić information content (AvgIpc) is 2.79. The van der Waals surface area contributed by atoms with Crippen LogP contribution in [0.1, 0.15) is 50.0 Å². The van der Waals surface area contributed by atoms with Crippen LogP contribution >= 0.6 is 11.8 Å². The number of amides is 1. The molecule has 1 aliphatic carbocycles. The number of aliphatic imine (C=N–C) groups is 1. The van der Waals surface area contributed by atoms with Gasteiger partial charge < -0.3 is 15.8 Å². The van der Waals surface area contributed by atoms with Crippen LogP contribution in [0.15, 0.2) is 46.9 Å². The van der Waals surface area contributed by atoms with Gasteiger partial charge in [-0.1, -0.05) is 6.08 Å². The molecule has 6 nitrogen and oxygen atoms in total. The van der Waals surface area contributed by atoms with Gasteiger partial charge in [0, 0.05) is 24.5 Å². The normalized spacial score (nSPS) is 30.8. The SMILES string of the molecule is C[C@@]1(C2=CC(NC(=O)c3ccc(F)cn3)CC=C2F)CS[C@@](C)(CC2CCOCC2)C(N)=N1. The molecule has 0 saturated carbocycles. The van der Waals surface area contributed by atoms with Crippen LogP contribution in [-0.2, 0) is 4.74 Å². The zero-order valence-corrected chi connectivity index (χ0v) is 19.8. The molecule has 178 valence electrons. The van der Waals surface area contributed by atoms with Crippen LogP contribution in [0.5, 0.6) is 0 Å². The number of nitrogens with zero attached hydrogens (tertiary/aromatic N) is 2. The molecule has 0 bridgehead atoms. The molecule has 1 saturated heterocycles. The largest absolute Gasteiger partial charge is 0.386 e. The van der Waals surface area contributed by atoms with Gasteiger partial charge in [-0.25, -0.2) is 13.8 Å². The summed E-state index contributed by atoms with van der Waals surface area (Å²) >= 11 is 1.72. The molecular weight excluding hydrogens is 446 g/mol. The van der Waals surface area contributed by atoms with Gasteiger partial charge in [0.05, 0.1) is 22.5 Å². The standard InChI is InChI=1S/C24H30F2N4O2S/c1-23(14-33-24(2,22(27)30-23)12-15-7-9-32-10-8-15)18-11-17(4-5-19(18)26)29-21(31)20-6-3-16(25)13-28-20/h3,5-6,11,13,15,17H,4,7-10,12,14H2,1-2H3,(H2,27,30)(H,29,31)/t17?,23-,24-/m0/s1. The molecule has 0 aromatic carbocycles. The molecule has 2 aliphatic heterocycles. The summed E-state index contributed by atoms with van der Waals surface area (Å²) in [6.07, 6.45) is 7.46. The van der Waals surface area contributed by atoms with Crippen molar-refractivity contribution in [1.29, 1.82) is 0 Å². The Morgan fingerprint density at radius 2 is 2.06 bits per heavy atom. The lowest BCUT2D eigenvalue weighted by Gasteiger charge is -2.43. The Morgan fingerprint density at radius 3 is 2.73 bits per heavy atom. The molecule has 1 unspecified atom stereocenters. The maximum absolute atomic E-state index is 14.9. The van der Waals surface area contributed by atoms with Gasteiger partial charge in [-0.15, -0.1) is 11.8 Å². The summed E-state index contributed by atoms with van der Waals surface area (Å²) in [5.74, 6) is 0.358. The highest BCUT2D eigenvalue weighted by atomic mass is 32.2. The number of thioether (sulfide) groups is 1. The molecule has 3 heterocycles. The minimum atomic E-state index is -0.831. The van der Waals surface area contributed by atoms with E-state index in [0.717, 1.165) is 38.7 Å². The van der Waals surface area contributed by atoms with E-state index in [0.29, 0.717) is 29.5 Å². The Morgan fingerprint density at radius 1 is 1.30 bits per heavy atom. The number of nitrogens with two attached hydrogens (primary N) is 1. The second kappa shape index (κ2) is 9.54. The van der Waals surface area contributed by atoms with E-state index in [9.17, 15) is 13.6 Å². The number of nitrogens with one attached hydrogen (secondary N) is 1. The lowest BCUT2D eigenvalue weighted by atomic mass is 9.85. The summed E-state index contributed by atoms with van der Waals surface area (Å²) in [6, 6.07) is 2.07. The fourth-order valence-electron chi connectivity index (χ4n) is 4.57. The van der Waals surface area contributed by atoms with Gasteiger partial charge in [0.1, 0.15) is 23.2 Å². The molecule has 9 heteroatoms. The fraction of sp³-hybridized carbons (Fsp3) is 0.542. The fourth-order valence-corrected chi connectivity index (χ4v) is 5.94. The molecule has 33 heavy (non-hydrogen) atoms. The number of hydrogen-bond donors (Lipinski definition) is 2. The summed E-state index contributed by atoms with van der Waals surface area (Å²) in [5.41, 5.74) is 6.18. The first kappa shape index (κ1) is 23.9. The number of rotatable bonds is 5. The lowest BCUT2D eigenvalue weighted by Crippen LogP contribution is -2.50. The van der Waals surface area contributed by atoms with Crippen molar-refractivity contribution < 1.29 is 18.3 Å². The highest BCUT2D eigenvalue weighted by molar-refractivity contribution is 8.01. The maximum atomic E-state index is 14.9. The van der Waals surface area contributed by atoms with Crippen molar-refractivity contribution in [3.63, 3.8) is 0 Å². The summed E-state index contributed by atoms with van der Waals surface area (Å²) in [7, 11) is 0. The topological polar surface area (TPSA) is 89.6 Å². The molecule has 3 atom stereocenters. The van der Waals surface area contributed by atoms with Gasteiger partial charge in [0.2, 0.25) is 0 Å². The maximum Gasteiger partial charge on any atom is 0.270 e. The lowest BCUT2D eigenvalue weighted by molar-refractivity contribution is 0.0628. The van der Waals surface area contributed by atoms with Gasteiger partial charge >= 0.3 is 0 Å². The zero-order chi connectivity index (χ0) is 23.6. The minimum Gasteiger partial charge on any atom is -0.386 e. The van der Waals surface area contributed by atoms with Crippen LogP contribution in [0.4, 0.5) is 8.78 Å². The molecule has 0 spiro atoms. The summed E-state index contributed by atoms with van der Waals surface area (Å²) in [5, 5.41) is 2.83. The number of aromatic nitrogens is 1. The van der Waals surface area contributed by atoms with E-state index in [1.165, 1.54) is 18.2 Å². The third-order valence-electron chi connectivity index (χ3n) is 6.63. The van der Waals surface area contributed by atoms with Crippen LogP contribution in [0.3, 0.4) is 0 Å². The molecule has 4 rings (SSSR count). The quantitative estimate of drug-likeness (QED) is 0.672. The number of pyridine rings is 1. The molecule has 0 radical (unpaired) electrons. The summed E-state index contributed by atoms with van der Waals surface area (Å²) in [4.78, 5) is 21.1. The van der Waals surface area contributed by atoms with Crippen LogP contribution in [-0.4, -0.2) is 52.0 Å². The first-order valence-corrected chi connectivity index (χ1v) is 12.3. The van der Waals surface area contributed by atoms with Crippen LogP contribution in [0.25, 0.3) is 0 Å². The van der Waals surface area contributed by atoms with Crippen molar-refractivity contribution in [2.75, 3.05) is 19.0 Å². The number of carbonyl (C=O) groups is 1. The number of amidine groups is 1. The zero-order valence-electron chi connectivity index (χ0n) is 18.9. The highest BCUT2D eigenvalue weighted by Crippen LogP contribution is 2.45. The Labute approximate surface area is 197 Å². The molecule has 1 aromatic rings. The van der Waals surface area contributed by atoms with Gasteiger partial charge in [-0.2, -0.15) is 0 Å². The predicted molar refractivity (Wildman–Crippen MR) is 126 cm³/mol. The Bertz CT molecular complexity index is 991. The van der Waals surface area contributed by atoms with E-state index >= 15 is 0 Å². The highest BCUT2D eigenvalue weighted by Gasteiger charge is 2.44. The number of ether oxygens (including phenoxy) is 1. The number of hydrogen-bond acceptors (Lipinski definition) is 6. The third-order valence-corrected chi connectivity index (χ3v) is 8.35. The molecule has 1 amide bonds. The Kier molecular flexibility index (Phi) is 6.91. The Balaban J connectivity index is 1.50. The van der Waals surface area contributed by atoms with E-state index < -0.39 is 23.3 Å².